The molecule has 1 fully saturated rings. The Labute approximate surface area is 238 Å². The van der Waals surface area contributed by atoms with Crippen LogP contribution >= 0.6 is 17.6 Å². The minimum Gasteiger partial charge on any atom is -0.426 e. The van der Waals surface area contributed by atoms with Crippen molar-refractivity contribution in [2.75, 3.05) is 32.9 Å². The number of nitrogens with zero attached hydrogens (tertiary/aromatic N) is 3. The molecule has 1 heterocycles. The third-order valence-corrected chi connectivity index (χ3v) is 10.6. The van der Waals surface area contributed by atoms with Crippen LogP contribution < -0.4 is 14.8 Å². The molecule has 2 unspecified atom stereocenters. The summed E-state index contributed by atoms with van der Waals surface area (Å²) in [5.41, 5.74) is 0.676. The molecular formula is C23H26N3O11PS2. The summed E-state index contributed by atoms with van der Waals surface area (Å²) in [5, 5.41) is 17.2. The number of hydrogen-bond acceptors (Lipinski definition) is 12. The van der Waals surface area contributed by atoms with Crippen LogP contribution in [0.15, 0.2) is 42.5 Å². The van der Waals surface area contributed by atoms with Crippen molar-refractivity contribution in [3.63, 3.8) is 0 Å². The number of ether oxygens (including phenoxy) is 3. The Balaban J connectivity index is 1.73. The highest BCUT2D eigenvalue weighted by Crippen LogP contribution is 2.53. The van der Waals surface area contributed by atoms with Gasteiger partial charge in [-0.1, -0.05) is 24.8 Å². The van der Waals surface area contributed by atoms with E-state index in [9.17, 15) is 29.8 Å². The first-order valence-corrected chi connectivity index (χ1v) is 15.8. The molecule has 0 spiro atoms. The van der Waals surface area contributed by atoms with Gasteiger partial charge in [0.25, 0.3) is 10.2 Å². The highest BCUT2D eigenvalue weighted by molar-refractivity contribution is 8.65. The summed E-state index contributed by atoms with van der Waals surface area (Å²) in [7, 11) is 0. The molecule has 1 aliphatic heterocycles. The van der Waals surface area contributed by atoms with Crippen molar-refractivity contribution < 1.29 is 43.6 Å². The van der Waals surface area contributed by atoms with Gasteiger partial charge in [0.1, 0.15) is 29.8 Å². The van der Waals surface area contributed by atoms with Crippen LogP contribution in [0.4, 0.5) is 0 Å². The first-order chi connectivity index (χ1) is 19.0. The molecule has 0 bridgehead atoms. The molecule has 1 aliphatic rings. The number of esters is 2. The lowest BCUT2D eigenvalue weighted by atomic mass is 10.1. The van der Waals surface area contributed by atoms with Gasteiger partial charge >= 0.3 is 11.9 Å². The fourth-order valence-corrected chi connectivity index (χ4v) is 7.01. The maximum Gasteiger partial charge on any atom is 0.347 e. The van der Waals surface area contributed by atoms with Gasteiger partial charge < -0.3 is 23.9 Å². The van der Waals surface area contributed by atoms with E-state index >= 15 is 0 Å². The van der Waals surface area contributed by atoms with E-state index in [1.807, 2.05) is 6.92 Å². The number of rotatable bonds is 13. The molecule has 3 rings (SSSR count). The van der Waals surface area contributed by atoms with Gasteiger partial charge in [-0.25, -0.2) is 4.79 Å². The smallest absolute Gasteiger partial charge is 0.347 e. The molecule has 0 aromatic heterocycles. The van der Waals surface area contributed by atoms with Crippen molar-refractivity contribution in [3.05, 3.63) is 73.8 Å². The van der Waals surface area contributed by atoms with Crippen molar-refractivity contribution in [1.29, 1.82) is 0 Å². The summed E-state index contributed by atoms with van der Waals surface area (Å²) in [5.74, 6) is -1.82. The first kappa shape index (κ1) is 31.2. The Hall–Kier alpha value is -3.30. The average molecular weight is 616 g/mol. The molecule has 2 aromatic rings. The van der Waals surface area contributed by atoms with Gasteiger partial charge in [-0.15, -0.1) is 32.5 Å². The fraction of sp³-hybridized carbons (Fsp3) is 0.391. The lowest BCUT2D eigenvalue weighted by Crippen LogP contribution is -2.35. The van der Waals surface area contributed by atoms with Crippen LogP contribution in [-0.2, 0) is 37.4 Å². The number of morpholine rings is 1. The molecular weight excluding hydrogens is 589 g/mol. The highest BCUT2D eigenvalue weighted by atomic mass is 32.9. The normalized spacial score (nSPS) is 15.8. The van der Waals surface area contributed by atoms with Crippen molar-refractivity contribution in [2.45, 2.75) is 25.9 Å². The van der Waals surface area contributed by atoms with E-state index < -0.39 is 46.6 Å². The Morgan fingerprint density at radius 3 is 2.38 bits per heavy atom. The topological polar surface area (TPSA) is 170 Å². The first-order valence-electron chi connectivity index (χ1n) is 11.9. The van der Waals surface area contributed by atoms with Crippen LogP contribution in [0.1, 0.15) is 29.3 Å². The van der Waals surface area contributed by atoms with Crippen LogP contribution in [0.25, 0.3) is 0 Å². The number of carbonyl (C=O) groups is 2. The Bertz CT molecular complexity index is 1290. The fourth-order valence-electron chi connectivity index (χ4n) is 3.65. The van der Waals surface area contributed by atoms with Gasteiger partial charge in [-0.05, 0) is 48.4 Å². The van der Waals surface area contributed by atoms with E-state index in [-0.39, 0.29) is 17.1 Å². The SMILES string of the molecule is CCc1ccc(OC(=O)CC(CO[N+](=O)[O-])O[N+](=O)[O-])c(C(=O)Oc2ccc(P(=S)(S)N3CCOCC3)cc2)c1. The molecule has 0 aliphatic carbocycles. The molecule has 0 saturated carbocycles. The van der Waals surface area contributed by atoms with Crippen molar-refractivity contribution in [2.24, 2.45) is 0 Å². The summed E-state index contributed by atoms with van der Waals surface area (Å²) in [6.07, 6.45) is -1.81. The van der Waals surface area contributed by atoms with Crippen LogP contribution in [0.2, 0.25) is 0 Å². The van der Waals surface area contributed by atoms with E-state index in [4.69, 9.17) is 38.3 Å². The molecule has 2 aromatic carbocycles. The minimum atomic E-state index is -2.31. The lowest BCUT2D eigenvalue weighted by Gasteiger charge is -2.34. The van der Waals surface area contributed by atoms with Gasteiger partial charge in [0, 0.05) is 18.4 Å². The molecule has 0 N–H and O–H groups in total. The van der Waals surface area contributed by atoms with Crippen LogP contribution in [0.5, 0.6) is 11.5 Å². The predicted octanol–water partition coefficient (Wildman–Crippen LogP) is 2.75. The van der Waals surface area contributed by atoms with Gasteiger partial charge in [0.05, 0.1) is 25.0 Å². The Kier molecular flexibility index (Phi) is 11.2. The molecule has 216 valence electrons. The maximum atomic E-state index is 13.1. The molecule has 0 radical (unpaired) electrons. The monoisotopic (exact) mass is 615 g/mol. The quantitative estimate of drug-likeness (QED) is 0.0872. The molecule has 1 saturated heterocycles. The van der Waals surface area contributed by atoms with Crippen molar-refractivity contribution >= 4 is 46.7 Å². The minimum absolute atomic E-state index is 0.0716. The predicted molar refractivity (Wildman–Crippen MR) is 148 cm³/mol. The molecule has 17 heteroatoms. The zero-order valence-corrected chi connectivity index (χ0v) is 23.8. The standard InChI is InChI=1S/C23H26N3O11PS2/c1-2-16-3-8-21(36-22(27)14-18(37-26(31)32)15-34-25(29)30)20(13-16)23(28)35-17-4-6-19(7-5-17)38(39,40)24-9-11-33-12-10-24/h3-8,13,18H,2,9-12,14-15H2,1H3,(H,39,40). The number of benzene rings is 2. The van der Waals surface area contributed by atoms with Crippen molar-refractivity contribution in [3.8, 4) is 11.5 Å². The van der Waals surface area contributed by atoms with Gasteiger partial charge in [-0.2, -0.15) is 0 Å². The maximum absolute atomic E-state index is 13.1. The third-order valence-electron chi connectivity index (χ3n) is 5.65. The van der Waals surface area contributed by atoms with E-state index in [1.165, 1.54) is 12.1 Å². The summed E-state index contributed by atoms with van der Waals surface area (Å²) < 4.78 is 18.3. The average Bonchev–Trinajstić information content (AvgIpc) is 2.92. The number of thiol groups is 1. The largest absolute Gasteiger partial charge is 0.426 e. The van der Waals surface area contributed by atoms with Gasteiger partial charge in [-0.3, -0.25) is 9.46 Å². The second-order valence-electron chi connectivity index (χ2n) is 8.33. The van der Waals surface area contributed by atoms with E-state index in [1.54, 1.807) is 30.3 Å². The number of hydrogen-bond donors (Lipinski definition) is 1. The van der Waals surface area contributed by atoms with Gasteiger partial charge in [0.2, 0.25) is 0 Å². The van der Waals surface area contributed by atoms with E-state index in [2.05, 4.69) is 14.3 Å². The Morgan fingerprint density at radius 2 is 1.77 bits per heavy atom. The van der Waals surface area contributed by atoms with Crippen LogP contribution in [0, 0.1) is 20.2 Å². The molecule has 40 heavy (non-hydrogen) atoms. The third kappa shape index (κ3) is 8.86. The Morgan fingerprint density at radius 1 is 1.10 bits per heavy atom. The van der Waals surface area contributed by atoms with E-state index in [0.29, 0.717) is 32.7 Å². The summed E-state index contributed by atoms with van der Waals surface area (Å²) in [6, 6.07) is 11.2. The highest BCUT2D eigenvalue weighted by Gasteiger charge is 2.27. The lowest BCUT2D eigenvalue weighted by molar-refractivity contribution is -0.789. The molecule has 14 nitrogen and oxygen atoms in total. The number of aryl methyl sites for hydroxylation is 1. The second-order valence-corrected chi connectivity index (χ2v) is 14.6. The number of carbonyl (C=O) groups excluding carboxylic acids is 2. The zero-order valence-electron chi connectivity index (χ0n) is 21.2. The summed E-state index contributed by atoms with van der Waals surface area (Å²) >= 11 is 10.6. The van der Waals surface area contributed by atoms with Crippen LogP contribution in [-0.4, -0.2) is 65.8 Å². The molecule has 2 atom stereocenters. The summed E-state index contributed by atoms with van der Waals surface area (Å²) in [4.78, 5) is 55.0. The molecule has 0 amide bonds. The zero-order chi connectivity index (χ0) is 29.3. The van der Waals surface area contributed by atoms with Gasteiger partial charge in [0.15, 0.2) is 0 Å². The van der Waals surface area contributed by atoms with Crippen LogP contribution in [0.3, 0.4) is 0 Å². The summed E-state index contributed by atoms with van der Waals surface area (Å²) in [6.45, 7) is 3.49. The second kappa shape index (κ2) is 14.4. The van der Waals surface area contributed by atoms with Crippen molar-refractivity contribution in [1.82, 2.24) is 4.67 Å². The van der Waals surface area contributed by atoms with E-state index in [0.717, 1.165) is 10.9 Å².